The van der Waals surface area contributed by atoms with Crippen molar-refractivity contribution in [2.45, 2.75) is 100 Å². The summed E-state index contributed by atoms with van der Waals surface area (Å²) in [5, 5.41) is 8.99. The monoisotopic (exact) mass is 811 g/mol. The SMILES string of the molecule is C=CCOC(=O)N1c2cc(OCCCCCC(=O)O)c(OC)cc2C(=O)N2CC=C(c3ccc(S(=O)(=O)N(C)C4CCCCO4)cc3)C[C@H]2C1OC1CCCCO1. The summed E-state index contributed by atoms with van der Waals surface area (Å²) in [4.78, 5) is 43.0. The number of hydrogen-bond donors (Lipinski definition) is 1. The molecular formula is C41H53N3O12S. The number of amides is 2. The topological polar surface area (TPSA) is 171 Å². The van der Waals surface area contributed by atoms with E-state index in [0.29, 0.717) is 45.3 Å². The highest BCUT2D eigenvalue weighted by Gasteiger charge is 2.47. The van der Waals surface area contributed by atoms with Gasteiger partial charge in [0.05, 0.1) is 35.9 Å². The molecule has 2 amide bonds. The molecule has 16 heteroatoms. The molecule has 2 aromatic rings. The Labute approximate surface area is 334 Å². The molecule has 2 fully saturated rings. The second-order valence-electron chi connectivity index (χ2n) is 14.5. The summed E-state index contributed by atoms with van der Waals surface area (Å²) < 4.78 is 64.3. The lowest BCUT2D eigenvalue weighted by Crippen LogP contribution is -2.57. The molecule has 0 aromatic heterocycles. The molecule has 310 valence electrons. The molecular weight excluding hydrogens is 759 g/mol. The van der Waals surface area contributed by atoms with Crippen LogP contribution in [0, 0.1) is 0 Å². The normalized spacial score (nSPS) is 22.5. The van der Waals surface area contributed by atoms with Gasteiger partial charge >= 0.3 is 12.1 Å². The molecule has 2 aromatic carbocycles. The number of benzene rings is 2. The predicted octanol–water partition coefficient (Wildman–Crippen LogP) is 6.18. The summed E-state index contributed by atoms with van der Waals surface area (Å²) >= 11 is 0. The fourth-order valence-corrected chi connectivity index (χ4v) is 8.87. The first kappa shape index (κ1) is 42.1. The summed E-state index contributed by atoms with van der Waals surface area (Å²) in [6.07, 6.45) is 7.09. The van der Waals surface area contributed by atoms with E-state index in [9.17, 15) is 22.8 Å². The number of carbonyl (C=O) groups excluding carboxylic acids is 2. The van der Waals surface area contributed by atoms with Crippen LogP contribution in [-0.4, -0.2) is 113 Å². The molecule has 4 heterocycles. The number of aliphatic carboxylic acids is 1. The van der Waals surface area contributed by atoms with Crippen molar-refractivity contribution >= 4 is 39.3 Å². The number of methoxy groups -OCH3 is 1. The number of carboxylic acid groups (broad SMARTS) is 1. The number of ether oxygens (including phenoxy) is 6. The Morgan fingerprint density at radius 1 is 1.02 bits per heavy atom. The first-order chi connectivity index (χ1) is 27.5. The van der Waals surface area contributed by atoms with Crippen molar-refractivity contribution < 1.29 is 56.3 Å². The second-order valence-corrected chi connectivity index (χ2v) is 16.5. The van der Waals surface area contributed by atoms with Gasteiger partial charge in [-0.15, -0.1) is 0 Å². The van der Waals surface area contributed by atoms with Gasteiger partial charge in [-0.1, -0.05) is 30.9 Å². The highest BCUT2D eigenvalue weighted by Crippen LogP contribution is 2.43. The van der Waals surface area contributed by atoms with Crippen LogP contribution in [0.15, 0.2) is 60.0 Å². The van der Waals surface area contributed by atoms with Crippen LogP contribution in [0.2, 0.25) is 0 Å². The van der Waals surface area contributed by atoms with Gasteiger partial charge in [0.15, 0.2) is 24.0 Å². The number of hydrogen-bond acceptors (Lipinski definition) is 11. The van der Waals surface area contributed by atoms with Gasteiger partial charge in [0, 0.05) is 39.3 Å². The van der Waals surface area contributed by atoms with Gasteiger partial charge < -0.3 is 38.4 Å². The van der Waals surface area contributed by atoms with Gasteiger partial charge in [-0.05, 0) is 93.5 Å². The van der Waals surface area contributed by atoms with Crippen molar-refractivity contribution in [2.24, 2.45) is 0 Å². The highest BCUT2D eigenvalue weighted by atomic mass is 32.2. The molecule has 4 atom stereocenters. The largest absolute Gasteiger partial charge is 0.493 e. The van der Waals surface area contributed by atoms with E-state index >= 15 is 0 Å². The minimum atomic E-state index is -3.83. The summed E-state index contributed by atoms with van der Waals surface area (Å²) in [7, 11) is -0.827. The first-order valence-electron chi connectivity index (χ1n) is 19.6. The van der Waals surface area contributed by atoms with Crippen LogP contribution in [0.5, 0.6) is 11.5 Å². The van der Waals surface area contributed by atoms with Crippen LogP contribution in [0.4, 0.5) is 10.5 Å². The number of rotatable bonds is 16. The zero-order valence-electron chi connectivity index (χ0n) is 32.6. The minimum absolute atomic E-state index is 0.0629. The van der Waals surface area contributed by atoms with Crippen LogP contribution < -0.4 is 14.4 Å². The van der Waals surface area contributed by atoms with Gasteiger partial charge in [-0.3, -0.25) is 9.59 Å². The third-order valence-electron chi connectivity index (χ3n) is 10.7. The molecule has 6 rings (SSSR count). The van der Waals surface area contributed by atoms with Crippen LogP contribution in [0.3, 0.4) is 0 Å². The molecule has 3 unspecified atom stereocenters. The molecule has 0 aliphatic carbocycles. The molecule has 15 nitrogen and oxygen atoms in total. The Balaban J connectivity index is 1.34. The van der Waals surface area contributed by atoms with Gasteiger partial charge in [-0.25, -0.2) is 18.1 Å². The Bertz CT molecular complexity index is 1890. The number of anilines is 1. The van der Waals surface area contributed by atoms with E-state index in [2.05, 4.69) is 6.58 Å². The molecule has 2 saturated heterocycles. The lowest BCUT2D eigenvalue weighted by molar-refractivity contribution is -0.196. The maximum absolute atomic E-state index is 14.6. The number of nitrogens with zero attached hydrogens (tertiary/aromatic N) is 3. The Morgan fingerprint density at radius 3 is 2.44 bits per heavy atom. The fraction of sp³-hybridized carbons (Fsp3) is 0.537. The van der Waals surface area contributed by atoms with Crippen LogP contribution in [0.1, 0.15) is 86.6 Å². The van der Waals surface area contributed by atoms with E-state index in [1.807, 2.05) is 6.08 Å². The van der Waals surface area contributed by atoms with E-state index in [0.717, 1.165) is 36.8 Å². The second kappa shape index (κ2) is 19.3. The van der Waals surface area contributed by atoms with Crippen molar-refractivity contribution in [3.8, 4) is 11.5 Å². The van der Waals surface area contributed by atoms with Gasteiger partial charge in [0.2, 0.25) is 10.0 Å². The minimum Gasteiger partial charge on any atom is -0.493 e. The number of carbonyl (C=O) groups is 3. The molecule has 1 N–H and O–H groups in total. The molecule has 0 saturated carbocycles. The maximum atomic E-state index is 14.6. The van der Waals surface area contributed by atoms with Crippen LogP contribution >= 0.6 is 0 Å². The Hall–Kier alpha value is -4.48. The van der Waals surface area contributed by atoms with Crippen molar-refractivity contribution in [2.75, 3.05) is 52.0 Å². The molecule has 0 bridgehead atoms. The van der Waals surface area contributed by atoms with E-state index in [-0.39, 0.29) is 66.2 Å². The summed E-state index contributed by atoms with van der Waals surface area (Å²) in [6.45, 7) is 5.00. The number of carboxylic acids is 1. The van der Waals surface area contributed by atoms with Crippen molar-refractivity contribution in [1.82, 2.24) is 9.21 Å². The predicted molar refractivity (Wildman–Crippen MR) is 209 cm³/mol. The molecule has 4 aliphatic heterocycles. The van der Waals surface area contributed by atoms with Crippen molar-refractivity contribution in [3.63, 3.8) is 0 Å². The lowest BCUT2D eigenvalue weighted by Gasteiger charge is -2.42. The average molecular weight is 812 g/mol. The maximum Gasteiger partial charge on any atom is 0.416 e. The van der Waals surface area contributed by atoms with Gasteiger partial charge in [-0.2, -0.15) is 4.31 Å². The molecule has 4 aliphatic rings. The zero-order valence-corrected chi connectivity index (χ0v) is 33.5. The van der Waals surface area contributed by atoms with E-state index < -0.39 is 46.9 Å². The summed E-state index contributed by atoms with van der Waals surface area (Å²) in [5.41, 5.74) is 1.97. The first-order valence-corrected chi connectivity index (χ1v) is 21.1. The van der Waals surface area contributed by atoms with Gasteiger partial charge in [0.25, 0.3) is 5.91 Å². The summed E-state index contributed by atoms with van der Waals surface area (Å²) in [6, 6.07) is 9.07. The quantitative estimate of drug-likeness (QED) is 0.151. The zero-order chi connectivity index (χ0) is 40.5. The van der Waals surface area contributed by atoms with E-state index in [1.165, 1.54) is 29.4 Å². The third-order valence-corrected chi connectivity index (χ3v) is 12.5. The van der Waals surface area contributed by atoms with Crippen molar-refractivity contribution in [1.29, 1.82) is 0 Å². The number of sulfonamides is 1. The number of unbranched alkanes of at least 4 members (excludes halogenated alkanes) is 2. The van der Waals surface area contributed by atoms with Crippen molar-refractivity contribution in [3.05, 3.63) is 66.3 Å². The van der Waals surface area contributed by atoms with Crippen LogP contribution in [0.25, 0.3) is 5.57 Å². The molecule has 57 heavy (non-hydrogen) atoms. The van der Waals surface area contributed by atoms with Crippen LogP contribution in [-0.2, 0) is 33.8 Å². The molecule has 0 spiro atoms. The standard InChI is InChI=1S/C41H53N3O12S/c1-4-21-55-41(48)44-32-27-35(52-22-9-5-6-13-37(45)46)34(51-3)26-31(32)39(47)43-20-19-29(25-33(43)40(44)56-38-14-8-11-24-54-38)28-15-17-30(18-16-28)57(49,50)42(2)36-12-7-10-23-53-36/h4,15-19,26-27,33,36,38,40H,1,5-14,20-25H2,2-3H3,(H,45,46)/t33-,36?,38?,40?/m0/s1. The summed E-state index contributed by atoms with van der Waals surface area (Å²) in [5.74, 6) is -0.660. The Kier molecular flexibility index (Phi) is 14.3. The van der Waals surface area contributed by atoms with Gasteiger partial charge in [0.1, 0.15) is 12.8 Å². The smallest absolute Gasteiger partial charge is 0.416 e. The fourth-order valence-electron chi connectivity index (χ4n) is 7.58. The Morgan fingerprint density at radius 2 is 1.77 bits per heavy atom. The third kappa shape index (κ3) is 9.80. The van der Waals surface area contributed by atoms with E-state index in [4.69, 9.17) is 33.5 Å². The number of fused-ring (bicyclic) bond motifs is 2. The lowest BCUT2D eigenvalue weighted by atomic mass is 9.92. The highest BCUT2D eigenvalue weighted by molar-refractivity contribution is 7.89. The molecule has 0 radical (unpaired) electrons. The van der Waals surface area contributed by atoms with E-state index in [1.54, 1.807) is 41.3 Å². The average Bonchev–Trinajstić information content (AvgIpc) is 3.32.